The van der Waals surface area contributed by atoms with Crippen LogP contribution in [0.4, 0.5) is 5.69 Å². The Morgan fingerprint density at radius 2 is 2.27 bits per heavy atom. The lowest BCUT2D eigenvalue weighted by atomic mass is 10.1. The summed E-state index contributed by atoms with van der Waals surface area (Å²) >= 11 is 0. The van der Waals surface area contributed by atoms with Gasteiger partial charge in [0.2, 0.25) is 5.89 Å². The minimum absolute atomic E-state index is 0.149. The van der Waals surface area contributed by atoms with Crippen LogP contribution in [0.2, 0.25) is 0 Å². The summed E-state index contributed by atoms with van der Waals surface area (Å²) in [5.74, 6) is 1.20. The Labute approximate surface area is 130 Å². The molecule has 1 aliphatic heterocycles. The largest absolute Gasteiger partial charge is 0.384 e. The van der Waals surface area contributed by atoms with Crippen LogP contribution in [0.1, 0.15) is 35.9 Å². The van der Waals surface area contributed by atoms with Crippen molar-refractivity contribution in [1.82, 2.24) is 15.0 Å². The number of nitrogens with one attached hydrogen (secondary N) is 1. The van der Waals surface area contributed by atoms with Gasteiger partial charge in [-0.2, -0.15) is 4.98 Å². The summed E-state index contributed by atoms with van der Waals surface area (Å²) in [7, 11) is 3.69. The second-order valence-electron chi connectivity index (χ2n) is 5.72. The van der Waals surface area contributed by atoms with Gasteiger partial charge in [-0.1, -0.05) is 23.4 Å². The first-order valence-electron chi connectivity index (χ1n) is 7.56. The first-order valence-corrected chi connectivity index (χ1v) is 7.56. The molecule has 118 valence electrons. The number of hydrogen-bond donors (Lipinski definition) is 1. The molecule has 1 N–H and O–H groups in total. The molecule has 1 aromatic carbocycles. The number of methoxy groups -OCH3 is 1. The van der Waals surface area contributed by atoms with E-state index in [1.165, 1.54) is 16.8 Å². The number of benzene rings is 1. The highest BCUT2D eigenvalue weighted by Gasteiger charge is 2.17. The standard InChI is InChI=1S/C16H22N4O2/c1-11(21-3)16-18-14(22-19-16)10-20(2)9-13-6-4-5-12-7-8-17-15(12)13/h4-6,11,17H,7-10H2,1-3H3. The highest BCUT2D eigenvalue weighted by atomic mass is 16.5. The van der Waals surface area contributed by atoms with Crippen LogP contribution in [0.5, 0.6) is 0 Å². The van der Waals surface area contributed by atoms with Crippen molar-refractivity contribution in [3.8, 4) is 0 Å². The average Bonchev–Trinajstić information content (AvgIpc) is 3.15. The Balaban J connectivity index is 1.64. The van der Waals surface area contributed by atoms with Crippen molar-refractivity contribution < 1.29 is 9.26 Å². The summed E-state index contributed by atoms with van der Waals surface area (Å²) in [6.45, 7) is 4.39. The zero-order chi connectivity index (χ0) is 15.5. The van der Waals surface area contributed by atoms with Gasteiger partial charge in [-0.05, 0) is 31.5 Å². The molecule has 0 radical (unpaired) electrons. The molecule has 3 rings (SSSR count). The van der Waals surface area contributed by atoms with Gasteiger partial charge < -0.3 is 14.6 Å². The third-order valence-corrected chi connectivity index (χ3v) is 3.98. The number of ether oxygens (including phenoxy) is 1. The number of aromatic nitrogens is 2. The number of anilines is 1. The molecule has 0 amide bonds. The van der Waals surface area contributed by atoms with E-state index in [0.29, 0.717) is 18.3 Å². The number of nitrogens with zero attached hydrogens (tertiary/aromatic N) is 3. The fourth-order valence-electron chi connectivity index (χ4n) is 2.72. The number of hydrogen-bond acceptors (Lipinski definition) is 6. The molecule has 0 bridgehead atoms. The zero-order valence-electron chi connectivity index (χ0n) is 13.3. The highest BCUT2D eigenvalue weighted by Crippen LogP contribution is 2.27. The third kappa shape index (κ3) is 3.13. The van der Waals surface area contributed by atoms with E-state index in [0.717, 1.165) is 19.5 Å². The van der Waals surface area contributed by atoms with Crippen molar-refractivity contribution in [2.24, 2.45) is 0 Å². The van der Waals surface area contributed by atoms with E-state index < -0.39 is 0 Å². The Bertz CT molecular complexity index is 641. The molecule has 0 aliphatic carbocycles. The van der Waals surface area contributed by atoms with Crippen molar-refractivity contribution in [3.05, 3.63) is 41.0 Å². The van der Waals surface area contributed by atoms with Gasteiger partial charge >= 0.3 is 0 Å². The quantitative estimate of drug-likeness (QED) is 0.884. The van der Waals surface area contributed by atoms with Crippen LogP contribution in [0.3, 0.4) is 0 Å². The van der Waals surface area contributed by atoms with Crippen LogP contribution < -0.4 is 5.32 Å². The lowest BCUT2D eigenvalue weighted by Gasteiger charge is -2.16. The molecule has 6 heteroatoms. The Morgan fingerprint density at radius 3 is 3.09 bits per heavy atom. The van der Waals surface area contributed by atoms with Gasteiger partial charge in [0.05, 0.1) is 6.54 Å². The highest BCUT2D eigenvalue weighted by molar-refractivity contribution is 5.61. The van der Waals surface area contributed by atoms with Gasteiger partial charge in [-0.3, -0.25) is 4.90 Å². The van der Waals surface area contributed by atoms with Crippen LogP contribution in [0, 0.1) is 0 Å². The second kappa shape index (κ2) is 6.46. The van der Waals surface area contributed by atoms with E-state index >= 15 is 0 Å². The minimum Gasteiger partial charge on any atom is -0.384 e. The molecule has 2 aromatic rings. The molecule has 2 heterocycles. The molecule has 0 saturated heterocycles. The number of rotatable bonds is 6. The molecule has 0 spiro atoms. The molecule has 0 fully saturated rings. The molecule has 1 aromatic heterocycles. The van der Waals surface area contributed by atoms with Gasteiger partial charge in [0.15, 0.2) is 5.82 Å². The maximum atomic E-state index is 5.29. The molecule has 1 unspecified atom stereocenters. The van der Waals surface area contributed by atoms with Gasteiger partial charge in [0.25, 0.3) is 0 Å². The topological polar surface area (TPSA) is 63.4 Å². The van der Waals surface area contributed by atoms with Gasteiger partial charge in [-0.25, -0.2) is 0 Å². The fourth-order valence-corrected chi connectivity index (χ4v) is 2.72. The summed E-state index contributed by atoms with van der Waals surface area (Å²) < 4.78 is 10.5. The predicted octanol–water partition coefficient (Wildman–Crippen LogP) is 2.38. The number of fused-ring (bicyclic) bond motifs is 1. The van der Waals surface area contributed by atoms with Crippen molar-refractivity contribution in [1.29, 1.82) is 0 Å². The molecule has 6 nitrogen and oxygen atoms in total. The van der Waals surface area contributed by atoms with E-state index in [9.17, 15) is 0 Å². The zero-order valence-corrected chi connectivity index (χ0v) is 13.3. The predicted molar refractivity (Wildman–Crippen MR) is 83.5 cm³/mol. The van der Waals surface area contributed by atoms with Crippen LogP contribution in [0.15, 0.2) is 22.7 Å². The molecule has 22 heavy (non-hydrogen) atoms. The smallest absolute Gasteiger partial charge is 0.240 e. The van der Waals surface area contributed by atoms with Gasteiger partial charge in [0, 0.05) is 25.9 Å². The van der Waals surface area contributed by atoms with Crippen molar-refractivity contribution in [3.63, 3.8) is 0 Å². The van der Waals surface area contributed by atoms with Crippen LogP contribution in [-0.2, 0) is 24.2 Å². The maximum absolute atomic E-state index is 5.29. The fraction of sp³-hybridized carbons (Fsp3) is 0.500. The monoisotopic (exact) mass is 302 g/mol. The van der Waals surface area contributed by atoms with E-state index in [2.05, 4.69) is 45.6 Å². The summed E-state index contributed by atoms with van der Waals surface area (Å²) in [5, 5.41) is 7.42. The van der Waals surface area contributed by atoms with Crippen LogP contribution >= 0.6 is 0 Å². The van der Waals surface area contributed by atoms with Crippen LogP contribution in [-0.4, -0.2) is 35.7 Å². The van der Waals surface area contributed by atoms with E-state index in [1.54, 1.807) is 7.11 Å². The summed E-state index contributed by atoms with van der Waals surface area (Å²) in [4.78, 5) is 6.55. The molecule has 1 aliphatic rings. The minimum atomic E-state index is -0.149. The van der Waals surface area contributed by atoms with Gasteiger partial charge in [-0.15, -0.1) is 0 Å². The normalized spacial score (nSPS) is 14.9. The molecular formula is C16H22N4O2. The summed E-state index contributed by atoms with van der Waals surface area (Å²) in [6.07, 6.45) is 0.957. The maximum Gasteiger partial charge on any atom is 0.240 e. The summed E-state index contributed by atoms with van der Waals surface area (Å²) in [5.41, 5.74) is 4.00. The van der Waals surface area contributed by atoms with Crippen molar-refractivity contribution in [2.75, 3.05) is 26.0 Å². The molecule has 1 atom stereocenters. The lowest BCUT2D eigenvalue weighted by Crippen LogP contribution is -2.18. The van der Waals surface area contributed by atoms with Gasteiger partial charge in [0.1, 0.15) is 6.10 Å². The summed E-state index contributed by atoms with van der Waals surface area (Å²) in [6, 6.07) is 6.48. The first kappa shape index (κ1) is 15.0. The molecule has 0 saturated carbocycles. The Hall–Kier alpha value is -1.92. The third-order valence-electron chi connectivity index (χ3n) is 3.98. The number of para-hydroxylation sites is 1. The van der Waals surface area contributed by atoms with E-state index in [1.807, 2.05) is 6.92 Å². The Kier molecular flexibility index (Phi) is 4.40. The average molecular weight is 302 g/mol. The van der Waals surface area contributed by atoms with Crippen LogP contribution in [0.25, 0.3) is 0 Å². The second-order valence-corrected chi connectivity index (χ2v) is 5.72. The van der Waals surface area contributed by atoms with Crippen molar-refractivity contribution >= 4 is 5.69 Å². The lowest BCUT2D eigenvalue weighted by molar-refractivity contribution is 0.109. The Morgan fingerprint density at radius 1 is 1.41 bits per heavy atom. The van der Waals surface area contributed by atoms with E-state index in [4.69, 9.17) is 9.26 Å². The molecular weight excluding hydrogens is 280 g/mol. The first-order chi connectivity index (χ1) is 10.7. The van der Waals surface area contributed by atoms with E-state index in [-0.39, 0.29) is 6.10 Å². The van der Waals surface area contributed by atoms with Crippen molar-refractivity contribution in [2.45, 2.75) is 32.5 Å². The SMILES string of the molecule is COC(C)c1noc(CN(C)Cc2cccc3c2NCC3)n1.